The Labute approximate surface area is 186 Å². The summed E-state index contributed by atoms with van der Waals surface area (Å²) >= 11 is 0. The summed E-state index contributed by atoms with van der Waals surface area (Å²) in [5.41, 5.74) is -2.63. The van der Waals surface area contributed by atoms with Crippen molar-refractivity contribution in [3.8, 4) is 5.75 Å². The highest BCUT2D eigenvalue weighted by atomic mass is 16.6. The van der Waals surface area contributed by atoms with Crippen LogP contribution in [0.25, 0.3) is 0 Å². The number of carbonyl (C=O) groups excluding carboxylic acids is 2. The van der Waals surface area contributed by atoms with Gasteiger partial charge in [-0.2, -0.15) is 0 Å². The maximum absolute atomic E-state index is 13.5. The molecular weight excluding hydrogens is 412 g/mol. The number of benzene rings is 1. The number of rotatable bonds is 2. The van der Waals surface area contributed by atoms with E-state index in [9.17, 15) is 14.7 Å². The monoisotopic (exact) mass is 440 g/mol. The second-order valence-electron chi connectivity index (χ2n) is 9.81. The van der Waals surface area contributed by atoms with Gasteiger partial charge >= 0.3 is 12.1 Å². The fourth-order valence-electron chi connectivity index (χ4n) is 8.41. The van der Waals surface area contributed by atoms with Crippen molar-refractivity contribution in [2.24, 2.45) is 5.41 Å². The molecule has 2 bridgehead atoms. The Balaban J connectivity index is 1.77. The number of amides is 1. The molecular formula is C24H28N2O6. The minimum atomic E-state index is -1.90. The van der Waals surface area contributed by atoms with Crippen molar-refractivity contribution in [2.75, 3.05) is 39.3 Å². The SMILES string of the molecule is COC(=O)N1c2c(OC)cccc2[C@@]23CCN4CC=C[C@]5(CC[C@]12[C@](O)(C(=O)OC)C5)[C@H]43. The van der Waals surface area contributed by atoms with Crippen LogP contribution in [0.4, 0.5) is 10.5 Å². The molecule has 6 aliphatic rings. The van der Waals surface area contributed by atoms with Gasteiger partial charge in [-0.15, -0.1) is 0 Å². The average molecular weight is 440 g/mol. The Morgan fingerprint density at radius 1 is 1.12 bits per heavy atom. The molecule has 1 aromatic carbocycles. The minimum Gasteiger partial charge on any atom is -0.495 e. The first kappa shape index (κ1) is 20.1. The summed E-state index contributed by atoms with van der Waals surface area (Å²) in [6.45, 7) is 1.64. The third-order valence-electron chi connectivity index (χ3n) is 9.10. The van der Waals surface area contributed by atoms with Crippen molar-refractivity contribution < 1.29 is 28.9 Å². The third kappa shape index (κ3) is 1.79. The fourth-order valence-corrected chi connectivity index (χ4v) is 8.41. The number of methoxy groups -OCH3 is 3. The van der Waals surface area contributed by atoms with Gasteiger partial charge in [0.1, 0.15) is 11.3 Å². The zero-order valence-corrected chi connectivity index (χ0v) is 18.6. The lowest BCUT2D eigenvalue weighted by Crippen LogP contribution is -2.85. The van der Waals surface area contributed by atoms with Gasteiger partial charge in [-0.25, -0.2) is 9.59 Å². The Morgan fingerprint density at radius 3 is 2.66 bits per heavy atom. The van der Waals surface area contributed by atoms with Crippen LogP contribution in [0.5, 0.6) is 5.75 Å². The second kappa shape index (κ2) is 6.05. The minimum absolute atomic E-state index is 0.0548. The van der Waals surface area contributed by atoms with Gasteiger partial charge in [0, 0.05) is 23.4 Å². The predicted molar refractivity (Wildman–Crippen MR) is 115 cm³/mol. The topological polar surface area (TPSA) is 88.5 Å². The van der Waals surface area contributed by atoms with Crippen molar-refractivity contribution >= 4 is 17.7 Å². The molecule has 3 aliphatic carbocycles. The van der Waals surface area contributed by atoms with Crippen LogP contribution in [0.1, 0.15) is 31.2 Å². The molecule has 1 N–H and O–H groups in total. The average Bonchev–Trinajstić information content (AvgIpc) is 3.34. The summed E-state index contributed by atoms with van der Waals surface area (Å²) < 4.78 is 16.2. The lowest BCUT2D eigenvalue weighted by molar-refractivity contribution is -0.214. The standard InChI is InChI=1S/C24H28N2O6/c1-30-16-7-4-6-15-17(16)26(20(28)32-3)24-10-9-21(14-23(24,29)19(27)31-2)8-5-12-25-13-11-22(15,24)18(21)25/h4-8,18,29H,9-14H2,1-3H3/t18-,21+,22+,23+,24-/m0/s1. The number of esters is 1. The highest BCUT2D eigenvalue weighted by molar-refractivity contribution is 6.00. The van der Waals surface area contributed by atoms with E-state index in [4.69, 9.17) is 14.2 Å². The first-order valence-electron chi connectivity index (χ1n) is 11.1. The zero-order chi connectivity index (χ0) is 22.5. The Kier molecular flexibility index (Phi) is 3.79. The Morgan fingerprint density at radius 2 is 1.94 bits per heavy atom. The van der Waals surface area contributed by atoms with Crippen LogP contribution < -0.4 is 9.64 Å². The van der Waals surface area contributed by atoms with E-state index in [-0.39, 0.29) is 17.9 Å². The highest BCUT2D eigenvalue weighted by Crippen LogP contribution is 2.76. The smallest absolute Gasteiger partial charge is 0.414 e. The molecule has 1 aromatic rings. The number of hydrogen-bond acceptors (Lipinski definition) is 7. The number of para-hydroxylation sites is 1. The molecule has 5 atom stereocenters. The van der Waals surface area contributed by atoms with Crippen LogP contribution in [0, 0.1) is 5.41 Å². The molecule has 7 rings (SSSR count). The molecule has 1 saturated heterocycles. The first-order chi connectivity index (χ1) is 15.4. The maximum atomic E-state index is 13.5. The number of carbonyl (C=O) groups is 2. The third-order valence-corrected chi connectivity index (χ3v) is 9.10. The molecule has 1 amide bonds. The lowest BCUT2D eigenvalue weighted by atomic mass is 9.38. The van der Waals surface area contributed by atoms with Gasteiger partial charge in [0.2, 0.25) is 0 Å². The Bertz CT molecular complexity index is 1070. The zero-order valence-electron chi connectivity index (χ0n) is 18.6. The van der Waals surface area contributed by atoms with Crippen molar-refractivity contribution in [1.82, 2.24) is 4.90 Å². The summed E-state index contributed by atoms with van der Waals surface area (Å²) in [5.74, 6) is -0.173. The Hall–Kier alpha value is -2.58. The van der Waals surface area contributed by atoms with Gasteiger partial charge in [-0.3, -0.25) is 9.80 Å². The number of fused-ring (bicyclic) bond motifs is 3. The van der Waals surface area contributed by atoms with E-state index in [1.165, 1.54) is 14.2 Å². The molecule has 3 heterocycles. The quantitative estimate of drug-likeness (QED) is 0.556. The first-order valence-corrected chi connectivity index (χ1v) is 11.1. The van der Waals surface area contributed by atoms with Crippen LogP contribution >= 0.6 is 0 Å². The molecule has 3 aliphatic heterocycles. The number of nitrogens with zero attached hydrogens (tertiary/aromatic N) is 2. The number of anilines is 1. The molecule has 4 fully saturated rings. The van der Waals surface area contributed by atoms with Crippen LogP contribution in [0.15, 0.2) is 30.4 Å². The van der Waals surface area contributed by atoms with Crippen LogP contribution in [-0.2, 0) is 19.7 Å². The molecule has 32 heavy (non-hydrogen) atoms. The summed E-state index contributed by atoms with van der Waals surface area (Å²) in [4.78, 5) is 30.9. The number of hydrogen-bond donors (Lipinski definition) is 1. The largest absolute Gasteiger partial charge is 0.495 e. The molecule has 8 nitrogen and oxygen atoms in total. The summed E-state index contributed by atoms with van der Waals surface area (Å²) in [6.07, 6.45) is 5.90. The van der Waals surface area contributed by atoms with Gasteiger partial charge in [0.25, 0.3) is 0 Å². The van der Waals surface area contributed by atoms with Gasteiger partial charge in [-0.1, -0.05) is 24.3 Å². The number of ether oxygens (including phenoxy) is 3. The van der Waals surface area contributed by atoms with Gasteiger partial charge in [-0.05, 0) is 43.9 Å². The van der Waals surface area contributed by atoms with Gasteiger partial charge < -0.3 is 19.3 Å². The van der Waals surface area contributed by atoms with E-state index in [1.807, 2.05) is 18.2 Å². The molecule has 3 saturated carbocycles. The van der Waals surface area contributed by atoms with Crippen LogP contribution in [0.3, 0.4) is 0 Å². The van der Waals surface area contributed by atoms with Crippen molar-refractivity contribution in [3.05, 3.63) is 35.9 Å². The van der Waals surface area contributed by atoms with Crippen molar-refractivity contribution in [2.45, 2.75) is 48.3 Å². The summed E-state index contributed by atoms with van der Waals surface area (Å²) in [7, 11) is 4.19. The van der Waals surface area contributed by atoms with E-state index >= 15 is 0 Å². The van der Waals surface area contributed by atoms with Crippen LogP contribution in [0.2, 0.25) is 0 Å². The van der Waals surface area contributed by atoms with E-state index < -0.39 is 28.6 Å². The van der Waals surface area contributed by atoms with E-state index in [2.05, 4.69) is 17.1 Å². The van der Waals surface area contributed by atoms with E-state index in [1.54, 1.807) is 12.0 Å². The van der Waals surface area contributed by atoms with Crippen molar-refractivity contribution in [1.29, 1.82) is 0 Å². The van der Waals surface area contributed by atoms with E-state index in [0.717, 1.165) is 25.1 Å². The molecule has 0 aromatic heterocycles. The second-order valence-corrected chi connectivity index (χ2v) is 9.81. The van der Waals surface area contributed by atoms with Gasteiger partial charge in [0.05, 0.1) is 27.0 Å². The van der Waals surface area contributed by atoms with Crippen molar-refractivity contribution in [3.63, 3.8) is 0 Å². The maximum Gasteiger partial charge on any atom is 0.414 e. The molecule has 0 radical (unpaired) electrons. The molecule has 0 unspecified atom stereocenters. The number of aliphatic hydroxyl groups is 1. The van der Waals surface area contributed by atoms with E-state index in [0.29, 0.717) is 24.3 Å². The van der Waals surface area contributed by atoms with Gasteiger partial charge in [0.15, 0.2) is 5.60 Å². The summed E-state index contributed by atoms with van der Waals surface area (Å²) in [5, 5.41) is 12.4. The highest BCUT2D eigenvalue weighted by Gasteiger charge is 2.86. The summed E-state index contributed by atoms with van der Waals surface area (Å²) in [6, 6.07) is 5.82. The molecule has 170 valence electrons. The normalized spacial score (nSPS) is 40.5. The molecule has 3 spiro atoms. The fraction of sp³-hybridized carbons (Fsp3) is 0.583. The predicted octanol–water partition coefficient (Wildman–Crippen LogP) is 1.99. The van der Waals surface area contributed by atoms with Crippen LogP contribution in [-0.4, -0.2) is 73.7 Å². The molecule has 8 heteroatoms. The lowest BCUT2D eigenvalue weighted by Gasteiger charge is -2.70.